The number of benzene rings is 2. The predicted molar refractivity (Wildman–Crippen MR) is 144 cm³/mol. The third kappa shape index (κ3) is 6.67. The number of hydrogen-bond acceptors (Lipinski definition) is 7. The quantitative estimate of drug-likeness (QED) is 0.183. The molecule has 0 saturated carbocycles. The molecular weight excluding hydrogens is 536 g/mol. The van der Waals surface area contributed by atoms with E-state index in [1.807, 2.05) is 48.5 Å². The van der Waals surface area contributed by atoms with E-state index in [2.05, 4.69) is 10.6 Å². The van der Waals surface area contributed by atoms with Gasteiger partial charge in [0.2, 0.25) is 0 Å². The Morgan fingerprint density at radius 1 is 0.919 bits per heavy atom. The molecule has 0 spiro atoms. The van der Waals surface area contributed by atoms with Gasteiger partial charge in [0.1, 0.15) is 5.02 Å². The molecule has 4 aromatic rings. The van der Waals surface area contributed by atoms with Crippen LogP contribution >= 0.6 is 34.3 Å². The summed E-state index contributed by atoms with van der Waals surface area (Å²) in [4.78, 5) is 36.8. The highest BCUT2D eigenvalue weighted by Gasteiger charge is 2.24. The number of thiophene rings is 2. The first-order valence-corrected chi connectivity index (χ1v) is 13.0. The molecule has 2 heterocycles. The number of aromatic carboxylic acids is 1. The number of hydrogen-bond donors (Lipinski definition) is 4. The number of nitrogens with one attached hydrogen (secondary N) is 2. The van der Waals surface area contributed by atoms with E-state index >= 15 is 0 Å². The molecule has 0 saturated heterocycles. The molecule has 190 valence electrons. The molecule has 0 aliphatic carbocycles. The van der Waals surface area contributed by atoms with E-state index < -0.39 is 18.5 Å². The fourth-order valence-electron chi connectivity index (χ4n) is 3.41. The zero-order chi connectivity index (χ0) is 26.4. The van der Waals surface area contributed by atoms with Crippen LogP contribution in [-0.4, -0.2) is 34.7 Å². The van der Waals surface area contributed by atoms with Crippen molar-refractivity contribution >= 4 is 57.8 Å². The van der Waals surface area contributed by atoms with Gasteiger partial charge in [-0.3, -0.25) is 4.79 Å². The summed E-state index contributed by atoms with van der Waals surface area (Å²) in [7, 11) is 0. The smallest absolute Gasteiger partial charge is 0.349 e. The topological polar surface area (TPSA) is 125 Å². The molecule has 0 aliphatic heterocycles. The van der Waals surface area contributed by atoms with Crippen molar-refractivity contribution in [3.05, 3.63) is 91.9 Å². The zero-order valence-electron chi connectivity index (χ0n) is 19.2. The number of carbonyl (C=O) groups is 3. The molecule has 0 fully saturated rings. The number of carboxylic acids is 2. The number of amides is 1. The molecule has 11 heteroatoms. The van der Waals surface area contributed by atoms with Gasteiger partial charge in [-0.05, 0) is 35.4 Å². The summed E-state index contributed by atoms with van der Waals surface area (Å²) in [6.45, 7) is 0.229. The van der Waals surface area contributed by atoms with E-state index in [1.54, 1.807) is 18.2 Å². The largest absolute Gasteiger partial charge is 0.479 e. The number of aliphatic carboxylic acids is 1. The first-order chi connectivity index (χ1) is 17.8. The lowest BCUT2D eigenvalue weighted by Gasteiger charge is -2.07. The molecule has 2 aromatic heterocycles. The van der Waals surface area contributed by atoms with Gasteiger partial charge in [-0.2, -0.15) is 0 Å². The van der Waals surface area contributed by atoms with Gasteiger partial charge in [0, 0.05) is 23.7 Å². The zero-order valence-corrected chi connectivity index (χ0v) is 21.6. The molecule has 4 rings (SSSR count). The molecule has 0 aliphatic rings. The minimum Gasteiger partial charge on any atom is -0.479 e. The predicted octanol–water partition coefficient (Wildman–Crippen LogP) is 5.83. The number of rotatable bonds is 11. The monoisotopic (exact) mass is 556 g/mol. The number of halogens is 1. The molecule has 0 bridgehead atoms. The number of ether oxygens (including phenoxy) is 1. The van der Waals surface area contributed by atoms with Crippen LogP contribution in [0.15, 0.2) is 66.7 Å². The van der Waals surface area contributed by atoms with Crippen molar-refractivity contribution in [2.24, 2.45) is 0 Å². The highest BCUT2D eigenvalue weighted by atomic mass is 35.5. The lowest BCUT2D eigenvalue weighted by atomic mass is 10.1. The second-order valence-electron chi connectivity index (χ2n) is 7.76. The Balaban J connectivity index is 1.42. The summed E-state index contributed by atoms with van der Waals surface area (Å²) in [5.41, 5.74) is 2.44. The molecule has 4 N–H and O–H groups in total. The van der Waals surface area contributed by atoms with Crippen LogP contribution in [0.4, 0.5) is 5.69 Å². The highest BCUT2D eigenvalue weighted by Crippen LogP contribution is 2.45. The Bertz CT molecular complexity index is 1430. The molecule has 0 radical (unpaired) electrons. The van der Waals surface area contributed by atoms with Crippen molar-refractivity contribution < 1.29 is 29.3 Å². The molecule has 1 amide bonds. The van der Waals surface area contributed by atoms with Crippen molar-refractivity contribution in [1.82, 2.24) is 5.32 Å². The molecular formula is C26H21ClN2O6S2. The van der Waals surface area contributed by atoms with E-state index in [-0.39, 0.29) is 21.6 Å². The van der Waals surface area contributed by atoms with E-state index in [1.165, 1.54) is 11.3 Å². The molecule has 37 heavy (non-hydrogen) atoms. The van der Waals surface area contributed by atoms with Gasteiger partial charge in [-0.15, -0.1) is 22.7 Å². The van der Waals surface area contributed by atoms with Crippen molar-refractivity contribution in [3.63, 3.8) is 0 Å². The van der Waals surface area contributed by atoms with Gasteiger partial charge < -0.3 is 25.6 Å². The molecule has 8 nitrogen and oxygen atoms in total. The lowest BCUT2D eigenvalue weighted by molar-refractivity contribution is -0.139. The minimum atomic E-state index is -1.26. The summed E-state index contributed by atoms with van der Waals surface area (Å²) in [6.07, 6.45) is 0. The average molecular weight is 557 g/mol. The first-order valence-electron chi connectivity index (χ1n) is 11.0. The Morgan fingerprint density at radius 2 is 1.70 bits per heavy atom. The van der Waals surface area contributed by atoms with Crippen LogP contribution < -0.4 is 15.4 Å². The third-order valence-electron chi connectivity index (χ3n) is 5.12. The van der Waals surface area contributed by atoms with Crippen LogP contribution in [0.3, 0.4) is 0 Å². The number of carboxylic acid groups (broad SMARTS) is 2. The SMILES string of the molecule is O=C(O)COc1c(C(=O)O)sc(-c2cccc(NCc3ccc(C(=O)NCc4ccccc4)s3)c2)c1Cl. The van der Waals surface area contributed by atoms with Gasteiger partial charge in [-0.1, -0.05) is 54.1 Å². The molecule has 0 unspecified atom stereocenters. The summed E-state index contributed by atoms with van der Waals surface area (Å²) in [5.74, 6) is -2.79. The highest BCUT2D eigenvalue weighted by molar-refractivity contribution is 7.18. The minimum absolute atomic E-state index is 0.0465. The summed E-state index contributed by atoms with van der Waals surface area (Å²) in [5, 5.41) is 24.6. The van der Waals surface area contributed by atoms with E-state index in [0.717, 1.165) is 27.5 Å². The van der Waals surface area contributed by atoms with Crippen molar-refractivity contribution in [2.45, 2.75) is 13.1 Å². The third-order valence-corrected chi connectivity index (χ3v) is 7.88. The van der Waals surface area contributed by atoms with Gasteiger partial charge in [0.15, 0.2) is 17.2 Å². The van der Waals surface area contributed by atoms with Crippen LogP contribution in [0.1, 0.15) is 29.8 Å². The second-order valence-corrected chi connectivity index (χ2v) is 10.3. The molecule has 2 aromatic carbocycles. The van der Waals surface area contributed by atoms with Crippen LogP contribution in [0, 0.1) is 0 Å². The summed E-state index contributed by atoms with van der Waals surface area (Å²) >= 11 is 8.69. The Labute approximate surface area is 225 Å². The summed E-state index contributed by atoms with van der Waals surface area (Å²) < 4.78 is 5.14. The maximum atomic E-state index is 12.5. The van der Waals surface area contributed by atoms with Gasteiger partial charge in [0.25, 0.3) is 5.91 Å². The number of anilines is 1. The Kier molecular flexibility index (Phi) is 8.44. The second kappa shape index (κ2) is 11.9. The maximum absolute atomic E-state index is 12.5. The van der Waals surface area contributed by atoms with E-state index in [0.29, 0.717) is 28.4 Å². The number of carbonyl (C=O) groups excluding carboxylic acids is 1. The van der Waals surface area contributed by atoms with E-state index in [4.69, 9.17) is 21.4 Å². The Morgan fingerprint density at radius 3 is 2.43 bits per heavy atom. The van der Waals surface area contributed by atoms with Gasteiger partial charge in [-0.25, -0.2) is 9.59 Å². The van der Waals surface area contributed by atoms with Crippen molar-refractivity contribution in [3.8, 4) is 16.2 Å². The van der Waals surface area contributed by atoms with Crippen molar-refractivity contribution in [2.75, 3.05) is 11.9 Å². The van der Waals surface area contributed by atoms with Gasteiger partial charge in [0.05, 0.1) is 9.75 Å². The first kappa shape index (κ1) is 26.2. The summed E-state index contributed by atoms with van der Waals surface area (Å²) in [6, 6.07) is 20.6. The lowest BCUT2D eigenvalue weighted by Crippen LogP contribution is -2.21. The van der Waals surface area contributed by atoms with Crippen LogP contribution in [0.5, 0.6) is 5.75 Å². The standard InChI is InChI=1S/C26H21ClN2O6S2/c27-21-22(35-14-20(30)31)24(26(33)34)37-23(21)16-7-4-8-17(11-16)28-13-18-9-10-19(36-18)25(32)29-12-15-5-2-1-3-6-15/h1-11,28H,12-14H2,(H,29,32)(H,30,31)(H,33,34). The van der Waals surface area contributed by atoms with Crippen LogP contribution in [0.2, 0.25) is 5.02 Å². The van der Waals surface area contributed by atoms with E-state index in [9.17, 15) is 19.5 Å². The normalized spacial score (nSPS) is 10.6. The fraction of sp³-hybridized carbons (Fsp3) is 0.115. The van der Waals surface area contributed by atoms with Crippen molar-refractivity contribution in [1.29, 1.82) is 0 Å². The van der Waals surface area contributed by atoms with Crippen LogP contribution in [0.25, 0.3) is 10.4 Å². The van der Waals surface area contributed by atoms with Gasteiger partial charge >= 0.3 is 11.9 Å². The molecule has 0 atom stereocenters. The average Bonchev–Trinajstić information content (AvgIpc) is 3.50. The van der Waals surface area contributed by atoms with Crippen LogP contribution in [-0.2, 0) is 17.9 Å². The maximum Gasteiger partial charge on any atom is 0.349 e. The Hall–Kier alpha value is -3.86. The fourth-order valence-corrected chi connectivity index (χ4v) is 5.67.